The molecule has 0 aliphatic carbocycles. The highest BCUT2D eigenvalue weighted by atomic mass is 16.7. The standard InChI is InChI=1S/C34H51BN2O5/c1-12-14-28(32(5,6)7)37(31(40)26-20-22(2)19-23(3)21-26)36-30(39)27-17-16-25(29(38)24(27)4)15-13-18-35-41-33(8,9)34(10,11)42-35/h16-17,19-21,28,38H,12-15,18H2,1-11H3,(H,36,39). The fraction of sp³-hybridized carbons (Fsp3) is 0.588. The van der Waals surface area contributed by atoms with E-state index in [1.54, 1.807) is 19.1 Å². The van der Waals surface area contributed by atoms with Gasteiger partial charge in [-0.15, -0.1) is 0 Å². The van der Waals surface area contributed by atoms with Gasteiger partial charge in [-0.25, -0.2) is 5.01 Å². The van der Waals surface area contributed by atoms with Crippen LogP contribution in [0.25, 0.3) is 0 Å². The van der Waals surface area contributed by atoms with E-state index in [9.17, 15) is 14.7 Å². The SMILES string of the molecule is CCCC(N(NC(=O)c1ccc(CCCB2OC(C)(C)C(C)(C)O2)c(O)c1C)C(=O)c1cc(C)cc(C)c1)C(C)(C)C. The first-order valence-corrected chi connectivity index (χ1v) is 15.3. The molecule has 7 nitrogen and oxygen atoms in total. The van der Waals surface area contributed by atoms with Gasteiger partial charge in [0.25, 0.3) is 11.8 Å². The number of amides is 2. The maximum atomic E-state index is 13.9. The number of aryl methyl sites for hydroxylation is 3. The smallest absolute Gasteiger partial charge is 0.457 e. The first-order chi connectivity index (χ1) is 19.4. The van der Waals surface area contributed by atoms with Crippen molar-refractivity contribution in [2.75, 3.05) is 0 Å². The average molecular weight is 579 g/mol. The number of phenols is 1. The fourth-order valence-corrected chi connectivity index (χ4v) is 5.65. The number of hydrogen-bond donors (Lipinski definition) is 2. The summed E-state index contributed by atoms with van der Waals surface area (Å²) in [6.07, 6.45) is 3.67. The molecule has 0 saturated carbocycles. The van der Waals surface area contributed by atoms with Crippen molar-refractivity contribution in [1.29, 1.82) is 0 Å². The van der Waals surface area contributed by atoms with Crippen LogP contribution in [-0.4, -0.2) is 46.3 Å². The molecule has 0 aromatic heterocycles. The van der Waals surface area contributed by atoms with Crippen molar-refractivity contribution in [3.05, 3.63) is 63.7 Å². The van der Waals surface area contributed by atoms with Gasteiger partial charge >= 0.3 is 7.12 Å². The Bertz CT molecular complexity index is 1260. The van der Waals surface area contributed by atoms with E-state index in [-0.39, 0.29) is 41.4 Å². The number of carbonyl (C=O) groups is 2. The van der Waals surface area contributed by atoms with Gasteiger partial charge in [0.15, 0.2) is 0 Å². The van der Waals surface area contributed by atoms with Crippen molar-refractivity contribution in [3.63, 3.8) is 0 Å². The summed E-state index contributed by atoms with van der Waals surface area (Å²) in [4.78, 5) is 27.6. The van der Waals surface area contributed by atoms with Crippen LogP contribution < -0.4 is 5.43 Å². The number of nitrogens with zero attached hydrogens (tertiary/aromatic N) is 1. The number of aromatic hydroxyl groups is 1. The zero-order chi connectivity index (χ0) is 31.6. The van der Waals surface area contributed by atoms with Crippen molar-refractivity contribution in [1.82, 2.24) is 10.4 Å². The van der Waals surface area contributed by atoms with E-state index in [0.717, 1.165) is 36.0 Å². The summed E-state index contributed by atoms with van der Waals surface area (Å²) in [6.45, 7) is 22.1. The van der Waals surface area contributed by atoms with E-state index in [2.05, 4.69) is 33.1 Å². The Labute approximate surface area is 253 Å². The van der Waals surface area contributed by atoms with Gasteiger partial charge < -0.3 is 14.4 Å². The summed E-state index contributed by atoms with van der Waals surface area (Å²) in [5.74, 6) is -0.566. The Kier molecular flexibility index (Phi) is 10.3. The molecule has 3 rings (SSSR count). The zero-order valence-corrected chi connectivity index (χ0v) is 27.6. The first-order valence-electron chi connectivity index (χ1n) is 15.3. The van der Waals surface area contributed by atoms with Gasteiger partial charge in [0.1, 0.15) is 5.75 Å². The molecule has 0 bridgehead atoms. The number of benzene rings is 2. The van der Waals surface area contributed by atoms with Gasteiger partial charge in [-0.3, -0.25) is 15.0 Å². The number of carbonyl (C=O) groups excluding carboxylic acids is 2. The number of hydrogen-bond acceptors (Lipinski definition) is 5. The van der Waals surface area contributed by atoms with Crippen LogP contribution >= 0.6 is 0 Å². The maximum absolute atomic E-state index is 13.9. The van der Waals surface area contributed by atoms with Crippen molar-refractivity contribution in [2.24, 2.45) is 5.41 Å². The van der Waals surface area contributed by atoms with Crippen LogP contribution in [0.3, 0.4) is 0 Å². The van der Waals surface area contributed by atoms with Crippen molar-refractivity contribution < 1.29 is 24.0 Å². The van der Waals surface area contributed by atoms with Crippen molar-refractivity contribution >= 4 is 18.9 Å². The molecule has 1 heterocycles. The monoisotopic (exact) mass is 578 g/mol. The molecule has 2 amide bonds. The molecule has 230 valence electrons. The lowest BCUT2D eigenvalue weighted by Gasteiger charge is -2.40. The molecular formula is C34H51BN2O5. The van der Waals surface area contributed by atoms with Gasteiger partial charge in [0, 0.05) is 16.7 Å². The Hall–Kier alpha value is -2.84. The van der Waals surface area contributed by atoms with E-state index in [0.29, 0.717) is 29.4 Å². The summed E-state index contributed by atoms with van der Waals surface area (Å²) in [5.41, 5.74) is 6.02. The Morgan fingerprint density at radius 2 is 1.57 bits per heavy atom. The molecule has 42 heavy (non-hydrogen) atoms. The summed E-state index contributed by atoms with van der Waals surface area (Å²) in [5, 5.41) is 12.6. The highest BCUT2D eigenvalue weighted by molar-refractivity contribution is 6.45. The molecule has 2 aromatic carbocycles. The van der Waals surface area contributed by atoms with Crippen LogP contribution in [0.15, 0.2) is 30.3 Å². The van der Waals surface area contributed by atoms with Gasteiger partial charge in [0.2, 0.25) is 0 Å². The molecule has 1 aliphatic rings. The number of hydrazine groups is 1. The lowest BCUT2D eigenvalue weighted by Crippen LogP contribution is -2.56. The second kappa shape index (κ2) is 12.8. The molecule has 1 aliphatic heterocycles. The first kappa shape index (κ1) is 33.7. The third-order valence-electron chi connectivity index (χ3n) is 8.73. The van der Waals surface area contributed by atoms with Crippen LogP contribution in [-0.2, 0) is 15.7 Å². The molecule has 8 heteroatoms. The number of nitrogens with one attached hydrogen (secondary N) is 1. The summed E-state index contributed by atoms with van der Waals surface area (Å²) < 4.78 is 12.2. The molecule has 1 saturated heterocycles. The molecule has 0 spiro atoms. The maximum Gasteiger partial charge on any atom is 0.457 e. The summed E-state index contributed by atoms with van der Waals surface area (Å²) in [6, 6.07) is 9.04. The molecule has 0 radical (unpaired) electrons. The van der Waals surface area contributed by atoms with Crippen molar-refractivity contribution in [3.8, 4) is 5.75 Å². The normalized spacial score (nSPS) is 16.8. The van der Waals surface area contributed by atoms with Gasteiger partial charge in [-0.05, 0) is 96.8 Å². The minimum Gasteiger partial charge on any atom is -0.507 e. The zero-order valence-electron chi connectivity index (χ0n) is 27.6. The van der Waals surface area contributed by atoms with Crippen LogP contribution in [0, 0.1) is 26.2 Å². The molecule has 1 fully saturated rings. The van der Waals surface area contributed by atoms with Crippen LogP contribution in [0.4, 0.5) is 0 Å². The number of phenolic OH excluding ortho intramolecular Hbond substituents is 1. The topological polar surface area (TPSA) is 88.1 Å². The predicted octanol–water partition coefficient (Wildman–Crippen LogP) is 7.34. The van der Waals surface area contributed by atoms with E-state index in [4.69, 9.17) is 9.31 Å². The van der Waals surface area contributed by atoms with Crippen molar-refractivity contribution in [2.45, 2.75) is 125 Å². The van der Waals surface area contributed by atoms with E-state index in [1.165, 1.54) is 5.01 Å². The Morgan fingerprint density at radius 1 is 1.00 bits per heavy atom. The van der Waals surface area contributed by atoms with Crippen LogP contribution in [0.1, 0.15) is 118 Å². The van der Waals surface area contributed by atoms with Gasteiger partial charge in [0.05, 0.1) is 17.2 Å². The van der Waals surface area contributed by atoms with E-state index >= 15 is 0 Å². The van der Waals surface area contributed by atoms with Gasteiger partial charge in [-0.1, -0.05) is 63.8 Å². The highest BCUT2D eigenvalue weighted by Gasteiger charge is 2.50. The molecule has 1 atom stereocenters. The minimum atomic E-state index is -0.422. The lowest BCUT2D eigenvalue weighted by atomic mass is 9.81. The lowest BCUT2D eigenvalue weighted by molar-refractivity contribution is 0.00578. The second-order valence-electron chi connectivity index (χ2n) is 14.0. The van der Waals surface area contributed by atoms with E-state index < -0.39 is 5.91 Å². The highest BCUT2D eigenvalue weighted by Crippen LogP contribution is 2.38. The number of rotatable bonds is 9. The molecule has 1 unspecified atom stereocenters. The summed E-state index contributed by atoms with van der Waals surface area (Å²) >= 11 is 0. The Morgan fingerprint density at radius 3 is 2.10 bits per heavy atom. The second-order valence-corrected chi connectivity index (χ2v) is 14.0. The minimum absolute atomic E-state index is 0.102. The molecule has 2 N–H and O–H groups in total. The summed E-state index contributed by atoms with van der Waals surface area (Å²) in [7, 11) is -0.289. The molecular weight excluding hydrogens is 527 g/mol. The fourth-order valence-electron chi connectivity index (χ4n) is 5.65. The average Bonchev–Trinajstić information content (AvgIpc) is 3.07. The third kappa shape index (κ3) is 7.56. The Balaban J connectivity index is 1.81. The van der Waals surface area contributed by atoms with Gasteiger partial charge in [-0.2, -0.15) is 0 Å². The predicted molar refractivity (Wildman–Crippen MR) is 170 cm³/mol. The third-order valence-corrected chi connectivity index (χ3v) is 8.73. The van der Waals surface area contributed by atoms with E-state index in [1.807, 2.05) is 59.7 Å². The van der Waals surface area contributed by atoms with Crippen LogP contribution in [0.2, 0.25) is 6.32 Å². The largest absolute Gasteiger partial charge is 0.507 e. The molecule has 2 aromatic rings. The van der Waals surface area contributed by atoms with Crippen LogP contribution in [0.5, 0.6) is 5.75 Å². The quantitative estimate of drug-likeness (QED) is 0.240.